The Bertz CT molecular complexity index is 951. The second kappa shape index (κ2) is 6.29. The number of fused-ring (bicyclic) bond motifs is 1. The van der Waals surface area contributed by atoms with Gasteiger partial charge in [-0.15, -0.1) is 0 Å². The van der Waals surface area contributed by atoms with Crippen molar-refractivity contribution in [3.63, 3.8) is 0 Å². The first-order valence-corrected chi connectivity index (χ1v) is 7.19. The molecule has 0 saturated heterocycles. The average Bonchev–Trinajstić information content (AvgIpc) is 2.59. The van der Waals surface area contributed by atoms with Crippen LogP contribution in [0.4, 0.5) is 5.69 Å². The molecule has 120 valence electrons. The lowest BCUT2D eigenvalue weighted by Crippen LogP contribution is -2.17. The molecule has 0 aliphatic heterocycles. The standard InChI is InChI=1S/C18H15N3O3/c19-15-9-11(5-8-17(15)23)18(24)21-20-10-12-6-7-16(22)14-4-2-1-3-13(12)14/h1-10,22-23H,19H2,(H,21,24)/b20-10+. The molecule has 0 radical (unpaired) electrons. The molecule has 3 aromatic rings. The van der Waals surface area contributed by atoms with Crippen LogP contribution in [0.25, 0.3) is 10.8 Å². The van der Waals surface area contributed by atoms with Gasteiger partial charge in [-0.3, -0.25) is 4.79 Å². The highest BCUT2D eigenvalue weighted by Gasteiger charge is 2.07. The van der Waals surface area contributed by atoms with Crippen molar-refractivity contribution in [2.24, 2.45) is 5.10 Å². The van der Waals surface area contributed by atoms with Gasteiger partial charge in [0.25, 0.3) is 5.91 Å². The fourth-order valence-electron chi connectivity index (χ4n) is 2.34. The molecule has 0 aromatic heterocycles. The van der Waals surface area contributed by atoms with Gasteiger partial charge in [0.05, 0.1) is 11.9 Å². The first-order valence-electron chi connectivity index (χ1n) is 7.19. The summed E-state index contributed by atoms with van der Waals surface area (Å²) in [6.07, 6.45) is 1.50. The zero-order valence-electron chi connectivity index (χ0n) is 12.6. The van der Waals surface area contributed by atoms with Crippen molar-refractivity contribution in [2.75, 3.05) is 5.73 Å². The molecule has 6 nitrogen and oxygen atoms in total. The number of anilines is 1. The zero-order chi connectivity index (χ0) is 17.1. The van der Waals surface area contributed by atoms with Crippen molar-refractivity contribution in [3.8, 4) is 11.5 Å². The van der Waals surface area contributed by atoms with Crippen molar-refractivity contribution in [3.05, 3.63) is 65.7 Å². The van der Waals surface area contributed by atoms with Gasteiger partial charge in [0.2, 0.25) is 0 Å². The maximum atomic E-state index is 12.0. The third kappa shape index (κ3) is 2.98. The number of nitrogens with one attached hydrogen (secondary N) is 1. The van der Waals surface area contributed by atoms with E-state index >= 15 is 0 Å². The summed E-state index contributed by atoms with van der Waals surface area (Å²) in [5, 5.41) is 24.7. The molecule has 3 rings (SSSR count). The van der Waals surface area contributed by atoms with Gasteiger partial charge in [0.1, 0.15) is 11.5 Å². The Balaban J connectivity index is 1.80. The van der Waals surface area contributed by atoms with Crippen LogP contribution in [-0.2, 0) is 0 Å². The lowest BCUT2D eigenvalue weighted by atomic mass is 10.0. The van der Waals surface area contributed by atoms with Crippen molar-refractivity contribution < 1.29 is 15.0 Å². The SMILES string of the molecule is Nc1cc(C(=O)N/N=C/c2ccc(O)c3ccccc23)ccc1O. The van der Waals surface area contributed by atoms with Gasteiger partial charge in [0, 0.05) is 16.5 Å². The van der Waals surface area contributed by atoms with E-state index in [0.717, 1.165) is 10.9 Å². The largest absolute Gasteiger partial charge is 0.507 e. The molecule has 3 aromatic carbocycles. The number of nitrogens with two attached hydrogens (primary N) is 1. The van der Waals surface area contributed by atoms with Crippen LogP contribution in [0.3, 0.4) is 0 Å². The molecule has 0 atom stereocenters. The van der Waals surface area contributed by atoms with E-state index in [1.807, 2.05) is 18.2 Å². The van der Waals surface area contributed by atoms with Crippen LogP contribution in [0.2, 0.25) is 0 Å². The maximum absolute atomic E-state index is 12.0. The Hall–Kier alpha value is -3.54. The highest BCUT2D eigenvalue weighted by atomic mass is 16.3. The number of nitrogens with zero attached hydrogens (tertiary/aromatic N) is 1. The number of carbonyl (C=O) groups is 1. The van der Waals surface area contributed by atoms with Gasteiger partial charge >= 0.3 is 0 Å². The Morgan fingerprint density at radius 1 is 1.00 bits per heavy atom. The minimum atomic E-state index is -0.443. The summed E-state index contributed by atoms with van der Waals surface area (Å²) in [6, 6.07) is 14.8. The first kappa shape index (κ1) is 15.4. The normalized spacial score (nSPS) is 11.0. The summed E-state index contributed by atoms with van der Waals surface area (Å²) in [4.78, 5) is 12.0. The van der Waals surface area contributed by atoms with Gasteiger partial charge in [-0.25, -0.2) is 5.43 Å². The number of rotatable bonds is 3. The summed E-state index contributed by atoms with van der Waals surface area (Å²) < 4.78 is 0. The number of phenols is 2. The predicted molar refractivity (Wildman–Crippen MR) is 93.2 cm³/mol. The van der Waals surface area contributed by atoms with Gasteiger partial charge in [-0.1, -0.05) is 24.3 Å². The number of phenolic OH excluding ortho intramolecular Hbond substituents is 2. The summed E-state index contributed by atoms with van der Waals surface area (Å²) in [5.74, 6) is -0.335. The van der Waals surface area contributed by atoms with Crippen molar-refractivity contribution in [1.82, 2.24) is 5.43 Å². The number of aromatic hydroxyl groups is 2. The molecule has 24 heavy (non-hydrogen) atoms. The van der Waals surface area contributed by atoms with Gasteiger partial charge < -0.3 is 15.9 Å². The molecule has 0 bridgehead atoms. The van der Waals surface area contributed by atoms with Crippen LogP contribution in [0, 0.1) is 0 Å². The fourth-order valence-corrected chi connectivity index (χ4v) is 2.34. The van der Waals surface area contributed by atoms with Gasteiger partial charge in [0.15, 0.2) is 0 Å². The summed E-state index contributed by atoms with van der Waals surface area (Å²) >= 11 is 0. The highest BCUT2D eigenvalue weighted by Crippen LogP contribution is 2.26. The molecule has 0 aliphatic rings. The third-order valence-corrected chi connectivity index (χ3v) is 3.59. The van der Waals surface area contributed by atoms with E-state index in [1.165, 1.54) is 24.4 Å². The van der Waals surface area contributed by atoms with E-state index < -0.39 is 5.91 Å². The van der Waals surface area contributed by atoms with Crippen molar-refractivity contribution in [1.29, 1.82) is 0 Å². The van der Waals surface area contributed by atoms with Crippen LogP contribution in [0.1, 0.15) is 15.9 Å². The topological polar surface area (TPSA) is 108 Å². The predicted octanol–water partition coefficient (Wildman–Crippen LogP) is 2.60. The Morgan fingerprint density at radius 3 is 2.46 bits per heavy atom. The molecule has 0 heterocycles. The lowest BCUT2D eigenvalue weighted by molar-refractivity contribution is 0.0955. The van der Waals surface area contributed by atoms with Crippen LogP contribution in [0.5, 0.6) is 11.5 Å². The Morgan fingerprint density at radius 2 is 1.71 bits per heavy atom. The molecule has 1 amide bonds. The van der Waals surface area contributed by atoms with Crippen LogP contribution < -0.4 is 11.2 Å². The minimum Gasteiger partial charge on any atom is -0.507 e. The lowest BCUT2D eigenvalue weighted by Gasteiger charge is -2.05. The molecule has 0 spiro atoms. The fraction of sp³-hybridized carbons (Fsp3) is 0. The van der Waals surface area contributed by atoms with Gasteiger partial charge in [-0.05, 0) is 35.7 Å². The van der Waals surface area contributed by atoms with E-state index in [1.54, 1.807) is 18.2 Å². The molecular formula is C18H15N3O3. The highest BCUT2D eigenvalue weighted by molar-refractivity contribution is 6.03. The van der Waals surface area contributed by atoms with Crippen molar-refractivity contribution >= 4 is 28.6 Å². The number of benzene rings is 3. The van der Waals surface area contributed by atoms with Crippen LogP contribution in [-0.4, -0.2) is 22.3 Å². The second-order valence-corrected chi connectivity index (χ2v) is 5.19. The Labute approximate surface area is 137 Å². The zero-order valence-corrected chi connectivity index (χ0v) is 12.6. The molecule has 0 fully saturated rings. The molecule has 0 saturated carbocycles. The number of hydrogen-bond acceptors (Lipinski definition) is 5. The first-order chi connectivity index (χ1) is 11.6. The summed E-state index contributed by atoms with van der Waals surface area (Å²) in [6.45, 7) is 0. The number of hydrazone groups is 1. The second-order valence-electron chi connectivity index (χ2n) is 5.19. The number of nitrogen functional groups attached to an aromatic ring is 1. The average molecular weight is 321 g/mol. The van der Waals surface area contributed by atoms with E-state index in [2.05, 4.69) is 10.5 Å². The smallest absolute Gasteiger partial charge is 0.271 e. The van der Waals surface area contributed by atoms with Crippen LogP contribution >= 0.6 is 0 Å². The molecule has 0 aliphatic carbocycles. The van der Waals surface area contributed by atoms with E-state index in [0.29, 0.717) is 5.39 Å². The molecule has 0 unspecified atom stereocenters. The third-order valence-electron chi connectivity index (χ3n) is 3.59. The van der Waals surface area contributed by atoms with Gasteiger partial charge in [-0.2, -0.15) is 5.10 Å². The van der Waals surface area contributed by atoms with E-state index in [4.69, 9.17) is 5.73 Å². The summed E-state index contributed by atoms with van der Waals surface area (Å²) in [7, 11) is 0. The number of carbonyl (C=O) groups excluding carboxylic acids is 1. The molecular weight excluding hydrogens is 306 g/mol. The van der Waals surface area contributed by atoms with E-state index in [-0.39, 0.29) is 22.7 Å². The van der Waals surface area contributed by atoms with Crippen molar-refractivity contribution in [2.45, 2.75) is 0 Å². The monoisotopic (exact) mass is 321 g/mol. The number of amides is 1. The minimum absolute atomic E-state index is 0.0781. The summed E-state index contributed by atoms with van der Waals surface area (Å²) in [5.41, 5.74) is 9.14. The molecule has 6 heteroatoms. The van der Waals surface area contributed by atoms with E-state index in [9.17, 15) is 15.0 Å². The molecule has 5 N–H and O–H groups in total. The quantitative estimate of drug-likeness (QED) is 0.257. The maximum Gasteiger partial charge on any atom is 0.271 e. The Kier molecular flexibility index (Phi) is 4.03. The number of hydrogen-bond donors (Lipinski definition) is 4. The van der Waals surface area contributed by atoms with Crippen LogP contribution in [0.15, 0.2) is 59.7 Å².